The molecular weight excluding hydrogens is 468 g/mol. The Kier molecular flexibility index (Phi) is 7.12. The summed E-state index contributed by atoms with van der Waals surface area (Å²) in [4.78, 5) is 13.2. The summed E-state index contributed by atoms with van der Waals surface area (Å²) in [5, 5.41) is 3.05. The maximum Gasteiger partial charge on any atom is 0.257 e. The van der Waals surface area contributed by atoms with Crippen molar-refractivity contribution in [3.63, 3.8) is 0 Å². The van der Waals surface area contributed by atoms with Crippen LogP contribution < -0.4 is 5.32 Å². The van der Waals surface area contributed by atoms with Crippen LogP contribution in [0.4, 0.5) is 5.69 Å². The monoisotopic (exact) mass is 490 g/mol. The van der Waals surface area contributed by atoms with Crippen molar-refractivity contribution in [1.82, 2.24) is 4.31 Å². The number of carbonyl (C=O) groups excluding carboxylic acids is 1. The van der Waals surface area contributed by atoms with Crippen molar-refractivity contribution in [2.75, 3.05) is 12.4 Å². The number of nitrogens with one attached hydrogen (secondary N) is 1. The molecule has 1 amide bonds. The van der Waals surface area contributed by atoms with Gasteiger partial charge < -0.3 is 5.32 Å². The van der Waals surface area contributed by atoms with Gasteiger partial charge in [-0.2, -0.15) is 4.31 Å². The summed E-state index contributed by atoms with van der Waals surface area (Å²) >= 11 is 6.30. The molecule has 5 nitrogen and oxygen atoms in total. The van der Waals surface area contributed by atoms with Crippen molar-refractivity contribution in [2.24, 2.45) is 0 Å². The van der Waals surface area contributed by atoms with Gasteiger partial charge in [0.25, 0.3) is 5.91 Å². The van der Waals surface area contributed by atoms with Gasteiger partial charge in [-0.05, 0) is 35.4 Å². The van der Waals surface area contributed by atoms with Crippen LogP contribution in [0.3, 0.4) is 0 Å². The largest absolute Gasteiger partial charge is 0.321 e. The summed E-state index contributed by atoms with van der Waals surface area (Å²) in [6.45, 7) is 0.206. The lowest BCUT2D eigenvalue weighted by Crippen LogP contribution is -2.27. The highest BCUT2D eigenvalue weighted by Gasteiger charge is 2.24. The van der Waals surface area contributed by atoms with Gasteiger partial charge >= 0.3 is 0 Å². The third-order valence-corrected chi connectivity index (χ3v) is 7.53. The fraction of sp³-hybridized carbons (Fsp3) is 0.0741. The molecule has 4 rings (SSSR count). The summed E-state index contributed by atoms with van der Waals surface area (Å²) in [7, 11) is -2.33. The van der Waals surface area contributed by atoms with E-state index in [1.165, 1.54) is 29.6 Å². The highest BCUT2D eigenvalue weighted by Crippen LogP contribution is 2.29. The maximum absolute atomic E-state index is 13.2. The standard InChI is InChI=1S/C27H23ClN2O3S/c1-30(19-20-10-4-2-5-11-20)34(32,33)22-16-17-25(28)24(18-22)27(31)29-26-15-9-8-14-23(26)21-12-6-3-7-13-21/h2-18H,19H2,1H3,(H,29,31). The van der Waals surface area contributed by atoms with Crippen LogP contribution in [-0.4, -0.2) is 25.7 Å². The van der Waals surface area contributed by atoms with E-state index >= 15 is 0 Å². The van der Waals surface area contributed by atoms with Gasteiger partial charge in [-0.15, -0.1) is 0 Å². The van der Waals surface area contributed by atoms with Crippen LogP contribution in [0, 0.1) is 0 Å². The number of amides is 1. The normalized spacial score (nSPS) is 11.4. The van der Waals surface area contributed by atoms with Gasteiger partial charge in [0.2, 0.25) is 10.0 Å². The molecule has 1 N–H and O–H groups in total. The van der Waals surface area contributed by atoms with Crippen LogP contribution in [0.2, 0.25) is 5.02 Å². The molecular formula is C27H23ClN2O3S. The fourth-order valence-electron chi connectivity index (χ4n) is 3.60. The van der Waals surface area contributed by atoms with Crippen LogP contribution in [0.1, 0.15) is 15.9 Å². The first-order chi connectivity index (χ1) is 16.4. The number of nitrogens with zero attached hydrogens (tertiary/aromatic N) is 1. The minimum atomic E-state index is -3.84. The van der Waals surface area contributed by atoms with E-state index in [0.29, 0.717) is 5.69 Å². The fourth-order valence-corrected chi connectivity index (χ4v) is 4.98. The van der Waals surface area contributed by atoms with Crippen molar-refractivity contribution in [2.45, 2.75) is 11.4 Å². The number of hydrogen-bond acceptors (Lipinski definition) is 3. The van der Waals surface area contributed by atoms with Crippen LogP contribution in [0.5, 0.6) is 0 Å². The summed E-state index contributed by atoms with van der Waals surface area (Å²) < 4.78 is 27.6. The van der Waals surface area contributed by atoms with Crippen molar-refractivity contribution in [1.29, 1.82) is 0 Å². The van der Waals surface area contributed by atoms with E-state index in [1.807, 2.05) is 78.9 Å². The number of para-hydroxylation sites is 1. The zero-order chi connectivity index (χ0) is 24.1. The molecule has 0 saturated heterocycles. The van der Waals surface area contributed by atoms with Gasteiger partial charge in [0.1, 0.15) is 0 Å². The molecule has 34 heavy (non-hydrogen) atoms. The summed E-state index contributed by atoms with van der Waals surface area (Å²) in [6.07, 6.45) is 0. The molecule has 0 aliphatic carbocycles. The van der Waals surface area contributed by atoms with Crippen molar-refractivity contribution in [3.8, 4) is 11.1 Å². The molecule has 0 saturated carbocycles. The number of benzene rings is 4. The Morgan fingerprint density at radius 2 is 1.47 bits per heavy atom. The summed E-state index contributed by atoms with van der Waals surface area (Å²) in [6, 6.07) is 30.5. The zero-order valence-electron chi connectivity index (χ0n) is 18.5. The third kappa shape index (κ3) is 5.20. The van der Waals surface area contributed by atoms with Gasteiger partial charge in [0.05, 0.1) is 15.5 Å². The molecule has 0 heterocycles. The average Bonchev–Trinajstić information content (AvgIpc) is 2.85. The lowest BCUT2D eigenvalue weighted by Gasteiger charge is -2.18. The Morgan fingerprint density at radius 3 is 2.18 bits per heavy atom. The third-order valence-electron chi connectivity index (χ3n) is 5.40. The molecule has 0 aliphatic rings. The molecule has 7 heteroatoms. The Morgan fingerprint density at radius 1 is 0.853 bits per heavy atom. The molecule has 0 aliphatic heterocycles. The summed E-state index contributed by atoms with van der Waals surface area (Å²) in [5.74, 6) is -0.490. The SMILES string of the molecule is CN(Cc1ccccc1)S(=O)(=O)c1ccc(Cl)c(C(=O)Nc2ccccc2-c2ccccc2)c1. The van der Waals surface area contributed by atoms with E-state index in [-0.39, 0.29) is 22.0 Å². The van der Waals surface area contributed by atoms with E-state index in [4.69, 9.17) is 11.6 Å². The van der Waals surface area contributed by atoms with Crippen LogP contribution in [0.15, 0.2) is 108 Å². The van der Waals surface area contributed by atoms with Crippen LogP contribution >= 0.6 is 11.6 Å². The van der Waals surface area contributed by atoms with Gasteiger partial charge in [0, 0.05) is 24.8 Å². The van der Waals surface area contributed by atoms with E-state index in [1.54, 1.807) is 6.07 Å². The van der Waals surface area contributed by atoms with Crippen molar-refractivity contribution < 1.29 is 13.2 Å². The van der Waals surface area contributed by atoms with Crippen molar-refractivity contribution >= 4 is 33.2 Å². The van der Waals surface area contributed by atoms with Gasteiger partial charge in [0.15, 0.2) is 0 Å². The number of anilines is 1. The minimum absolute atomic E-state index is 0.00294. The van der Waals surface area contributed by atoms with Crippen LogP contribution in [-0.2, 0) is 16.6 Å². The molecule has 4 aromatic rings. The van der Waals surface area contributed by atoms with Gasteiger partial charge in [-0.1, -0.05) is 90.5 Å². The summed E-state index contributed by atoms with van der Waals surface area (Å²) in [5.41, 5.74) is 3.34. The molecule has 0 bridgehead atoms. The second-order valence-electron chi connectivity index (χ2n) is 7.75. The van der Waals surface area contributed by atoms with E-state index in [0.717, 1.165) is 16.7 Å². The van der Waals surface area contributed by atoms with E-state index in [2.05, 4.69) is 5.32 Å². The maximum atomic E-state index is 13.2. The number of rotatable bonds is 7. The number of carbonyl (C=O) groups is 1. The molecule has 0 fully saturated rings. The minimum Gasteiger partial charge on any atom is -0.321 e. The second-order valence-corrected chi connectivity index (χ2v) is 10.2. The first kappa shape index (κ1) is 23.7. The average molecular weight is 491 g/mol. The quantitative estimate of drug-likeness (QED) is 0.341. The highest BCUT2D eigenvalue weighted by molar-refractivity contribution is 7.89. The number of sulfonamides is 1. The lowest BCUT2D eigenvalue weighted by molar-refractivity contribution is 0.102. The molecule has 0 atom stereocenters. The van der Waals surface area contributed by atoms with E-state index < -0.39 is 15.9 Å². The van der Waals surface area contributed by atoms with Crippen molar-refractivity contribution in [3.05, 3.63) is 119 Å². The molecule has 172 valence electrons. The zero-order valence-corrected chi connectivity index (χ0v) is 20.1. The molecule has 0 spiro atoms. The second kappa shape index (κ2) is 10.2. The molecule has 0 unspecified atom stereocenters. The number of hydrogen-bond donors (Lipinski definition) is 1. The Hall–Kier alpha value is -3.45. The first-order valence-electron chi connectivity index (χ1n) is 10.6. The Bertz CT molecular complexity index is 1410. The van der Waals surface area contributed by atoms with E-state index in [9.17, 15) is 13.2 Å². The van der Waals surface area contributed by atoms with Gasteiger partial charge in [-0.3, -0.25) is 4.79 Å². The number of halogens is 1. The topological polar surface area (TPSA) is 66.5 Å². The molecule has 0 aromatic heterocycles. The molecule has 4 aromatic carbocycles. The highest BCUT2D eigenvalue weighted by atomic mass is 35.5. The first-order valence-corrected chi connectivity index (χ1v) is 12.4. The molecule has 0 radical (unpaired) electrons. The Labute approximate surface area is 204 Å². The predicted molar refractivity (Wildman–Crippen MR) is 136 cm³/mol. The Balaban J connectivity index is 1.61. The van der Waals surface area contributed by atoms with Crippen LogP contribution in [0.25, 0.3) is 11.1 Å². The lowest BCUT2D eigenvalue weighted by atomic mass is 10.0. The predicted octanol–water partition coefficient (Wildman–Crippen LogP) is 6.08. The van der Waals surface area contributed by atoms with Gasteiger partial charge in [-0.25, -0.2) is 8.42 Å². The smallest absolute Gasteiger partial charge is 0.257 e.